The zero-order valence-electron chi connectivity index (χ0n) is 11.5. The van der Waals surface area contributed by atoms with Crippen LogP contribution in [0, 0.1) is 5.41 Å². The van der Waals surface area contributed by atoms with Gasteiger partial charge in [-0.3, -0.25) is 9.59 Å². The van der Waals surface area contributed by atoms with E-state index in [4.69, 9.17) is 5.11 Å². The van der Waals surface area contributed by atoms with Crippen LogP contribution in [0.4, 0.5) is 5.69 Å². The van der Waals surface area contributed by atoms with Crippen molar-refractivity contribution >= 4 is 29.3 Å². The minimum absolute atomic E-state index is 0.00413. The van der Waals surface area contributed by atoms with Gasteiger partial charge in [0.25, 0.3) is 5.91 Å². The first-order chi connectivity index (χ1) is 9.41. The van der Waals surface area contributed by atoms with Crippen molar-refractivity contribution in [2.24, 2.45) is 5.41 Å². The van der Waals surface area contributed by atoms with Crippen LogP contribution in [0.2, 0.25) is 0 Å². The van der Waals surface area contributed by atoms with Crippen molar-refractivity contribution in [1.82, 2.24) is 5.32 Å². The summed E-state index contributed by atoms with van der Waals surface area (Å²) in [7, 11) is 0. The average molecular weight is 294 g/mol. The second kappa shape index (κ2) is 5.85. The maximum atomic E-state index is 12.1. The lowest BCUT2D eigenvalue weighted by atomic mass is 9.95. The average Bonchev–Trinajstić information content (AvgIpc) is 2.44. The number of aliphatic hydroxyl groups is 1. The van der Waals surface area contributed by atoms with Crippen molar-refractivity contribution in [1.29, 1.82) is 0 Å². The summed E-state index contributed by atoms with van der Waals surface area (Å²) in [5, 5.41) is 14.7. The Morgan fingerprint density at radius 3 is 2.95 bits per heavy atom. The van der Waals surface area contributed by atoms with Crippen molar-refractivity contribution in [3.8, 4) is 0 Å². The van der Waals surface area contributed by atoms with Gasteiger partial charge in [0.05, 0.1) is 11.4 Å². The number of carbonyl (C=O) groups excluding carboxylic acids is 2. The highest BCUT2D eigenvalue weighted by atomic mass is 32.2. The third-order valence-electron chi connectivity index (χ3n) is 3.03. The largest absolute Gasteiger partial charge is 0.396 e. The van der Waals surface area contributed by atoms with Crippen LogP contribution in [0.3, 0.4) is 0 Å². The molecule has 5 nitrogen and oxygen atoms in total. The molecule has 1 aromatic rings. The van der Waals surface area contributed by atoms with Gasteiger partial charge in [0.2, 0.25) is 5.91 Å². The Morgan fingerprint density at radius 1 is 1.50 bits per heavy atom. The van der Waals surface area contributed by atoms with E-state index in [9.17, 15) is 9.59 Å². The number of hydrogen-bond acceptors (Lipinski definition) is 4. The van der Waals surface area contributed by atoms with Gasteiger partial charge in [-0.05, 0) is 18.2 Å². The number of nitrogens with one attached hydrogen (secondary N) is 2. The van der Waals surface area contributed by atoms with E-state index in [1.54, 1.807) is 12.1 Å². The molecule has 108 valence electrons. The van der Waals surface area contributed by atoms with Crippen molar-refractivity contribution in [2.45, 2.75) is 18.7 Å². The molecule has 0 saturated carbocycles. The lowest BCUT2D eigenvalue weighted by Crippen LogP contribution is -2.36. The van der Waals surface area contributed by atoms with Gasteiger partial charge in [0.1, 0.15) is 0 Å². The van der Waals surface area contributed by atoms with Gasteiger partial charge >= 0.3 is 0 Å². The number of fused-ring (bicyclic) bond motifs is 1. The Balaban J connectivity index is 2.08. The second-order valence-corrected chi connectivity index (χ2v) is 6.57. The Hall–Kier alpha value is -1.53. The van der Waals surface area contributed by atoms with Crippen LogP contribution in [0.25, 0.3) is 0 Å². The molecular weight excluding hydrogens is 276 g/mol. The van der Waals surface area contributed by atoms with E-state index < -0.39 is 0 Å². The molecule has 1 aliphatic rings. The first-order valence-corrected chi connectivity index (χ1v) is 7.36. The standard InChI is InChI=1S/C14H18N2O3S/c1-14(2,8-17)7-15-13(19)9-3-4-11-10(5-9)16-12(18)6-20-11/h3-5,17H,6-8H2,1-2H3,(H,15,19)(H,16,18). The predicted octanol–water partition coefficient (Wildman–Crippen LogP) is 1.48. The zero-order chi connectivity index (χ0) is 14.8. The van der Waals surface area contributed by atoms with E-state index in [0.717, 1.165) is 4.90 Å². The van der Waals surface area contributed by atoms with Gasteiger partial charge in [0, 0.05) is 29.0 Å². The number of amides is 2. The molecule has 0 bridgehead atoms. The van der Waals surface area contributed by atoms with E-state index in [1.165, 1.54) is 11.8 Å². The van der Waals surface area contributed by atoms with Crippen LogP contribution in [0.1, 0.15) is 24.2 Å². The van der Waals surface area contributed by atoms with Crippen LogP contribution in [0.15, 0.2) is 23.1 Å². The van der Waals surface area contributed by atoms with Crippen molar-refractivity contribution < 1.29 is 14.7 Å². The Morgan fingerprint density at radius 2 is 2.25 bits per heavy atom. The third kappa shape index (κ3) is 3.52. The Labute approximate surface area is 122 Å². The molecule has 2 rings (SSSR count). The number of thioether (sulfide) groups is 1. The Bertz CT molecular complexity index is 543. The zero-order valence-corrected chi connectivity index (χ0v) is 12.3. The summed E-state index contributed by atoms with van der Waals surface area (Å²) in [4.78, 5) is 24.4. The molecule has 0 radical (unpaired) electrons. The summed E-state index contributed by atoms with van der Waals surface area (Å²) >= 11 is 1.46. The van der Waals surface area contributed by atoms with Gasteiger partial charge in [0.15, 0.2) is 0 Å². The lowest BCUT2D eigenvalue weighted by molar-refractivity contribution is -0.113. The SMILES string of the molecule is CC(C)(CO)CNC(=O)c1ccc2c(c1)NC(=O)CS2. The summed E-state index contributed by atoms with van der Waals surface area (Å²) in [6, 6.07) is 5.26. The van der Waals surface area contributed by atoms with Gasteiger partial charge in [-0.2, -0.15) is 0 Å². The number of carbonyl (C=O) groups is 2. The minimum atomic E-state index is -0.353. The molecule has 6 heteroatoms. The highest BCUT2D eigenvalue weighted by Gasteiger charge is 2.20. The fraction of sp³-hybridized carbons (Fsp3) is 0.429. The second-order valence-electron chi connectivity index (χ2n) is 5.55. The molecule has 0 fully saturated rings. The molecule has 0 aromatic heterocycles. The summed E-state index contributed by atoms with van der Waals surface area (Å²) in [6.07, 6.45) is 0. The molecule has 2 amide bonds. The quantitative estimate of drug-likeness (QED) is 0.786. The summed E-state index contributed by atoms with van der Waals surface area (Å²) < 4.78 is 0. The lowest BCUT2D eigenvalue weighted by Gasteiger charge is -2.22. The number of aliphatic hydroxyl groups excluding tert-OH is 1. The predicted molar refractivity (Wildman–Crippen MR) is 79.0 cm³/mol. The first-order valence-electron chi connectivity index (χ1n) is 6.37. The summed E-state index contributed by atoms with van der Waals surface area (Å²) in [6.45, 7) is 4.14. The fourth-order valence-corrected chi connectivity index (χ4v) is 2.49. The van der Waals surface area contributed by atoms with Crippen LogP contribution < -0.4 is 10.6 Å². The van der Waals surface area contributed by atoms with Crippen molar-refractivity contribution in [3.05, 3.63) is 23.8 Å². The molecule has 0 atom stereocenters. The molecule has 1 aromatic carbocycles. The number of benzene rings is 1. The highest BCUT2D eigenvalue weighted by molar-refractivity contribution is 8.00. The van der Waals surface area contributed by atoms with Crippen LogP contribution in [-0.4, -0.2) is 35.8 Å². The fourth-order valence-electron chi connectivity index (χ4n) is 1.70. The highest BCUT2D eigenvalue weighted by Crippen LogP contribution is 2.31. The van der Waals surface area contributed by atoms with E-state index in [0.29, 0.717) is 23.5 Å². The van der Waals surface area contributed by atoms with Crippen LogP contribution >= 0.6 is 11.8 Å². The summed E-state index contributed by atoms with van der Waals surface area (Å²) in [5.41, 5.74) is 0.828. The molecule has 0 unspecified atom stereocenters. The molecule has 1 heterocycles. The molecular formula is C14H18N2O3S. The molecule has 20 heavy (non-hydrogen) atoms. The van der Waals surface area contributed by atoms with Gasteiger partial charge < -0.3 is 15.7 Å². The van der Waals surface area contributed by atoms with E-state index in [-0.39, 0.29) is 23.8 Å². The number of rotatable bonds is 4. The maximum absolute atomic E-state index is 12.1. The molecule has 0 aliphatic carbocycles. The van der Waals surface area contributed by atoms with Crippen LogP contribution in [-0.2, 0) is 4.79 Å². The number of hydrogen-bond donors (Lipinski definition) is 3. The minimum Gasteiger partial charge on any atom is -0.396 e. The van der Waals surface area contributed by atoms with Gasteiger partial charge in [-0.15, -0.1) is 11.8 Å². The third-order valence-corrected chi connectivity index (χ3v) is 4.10. The topological polar surface area (TPSA) is 78.4 Å². The number of anilines is 1. The van der Waals surface area contributed by atoms with Gasteiger partial charge in [-0.1, -0.05) is 13.8 Å². The molecule has 0 saturated heterocycles. The maximum Gasteiger partial charge on any atom is 0.251 e. The molecule has 3 N–H and O–H groups in total. The monoisotopic (exact) mass is 294 g/mol. The van der Waals surface area contributed by atoms with Crippen LogP contribution in [0.5, 0.6) is 0 Å². The van der Waals surface area contributed by atoms with Crippen molar-refractivity contribution in [2.75, 3.05) is 24.2 Å². The normalized spacial score (nSPS) is 14.4. The summed E-state index contributed by atoms with van der Waals surface area (Å²) in [5.74, 6) is 0.143. The van der Waals surface area contributed by atoms with Gasteiger partial charge in [-0.25, -0.2) is 0 Å². The first kappa shape index (κ1) is 14.9. The molecule has 0 spiro atoms. The Kier molecular flexibility index (Phi) is 4.35. The molecule has 1 aliphatic heterocycles. The smallest absolute Gasteiger partial charge is 0.251 e. The van der Waals surface area contributed by atoms with E-state index in [1.807, 2.05) is 19.9 Å². The van der Waals surface area contributed by atoms with E-state index >= 15 is 0 Å². The van der Waals surface area contributed by atoms with E-state index in [2.05, 4.69) is 10.6 Å². The van der Waals surface area contributed by atoms with Crippen molar-refractivity contribution in [3.63, 3.8) is 0 Å².